The standard InChI is InChI=1S/C70H131NO5/c1-3-5-7-9-11-13-15-17-19-21-22-23-24-25-27-31-34-38-42-46-50-54-58-62-68(73)67(66-72)71-69(74)63-59-55-51-47-43-39-35-32-28-26-29-33-37-41-45-49-53-57-61-65-76-70(75)64-60-56-52-48-44-40-36-30-20-18-16-14-12-10-8-6-4-2/h18,20,33,37,41,45,58,62,67-68,72-73H,3-17,19,21-32,34-36,38-40,42-44,46-57,59-61,63-66H2,1-2H3,(H,71,74)/b20-18-,37-33-,45-41-,62-58+. The maximum Gasteiger partial charge on any atom is 0.305 e. The van der Waals surface area contributed by atoms with Gasteiger partial charge in [-0.15, -0.1) is 0 Å². The Hall–Kier alpha value is -2.18. The fourth-order valence-electron chi connectivity index (χ4n) is 10.4. The molecular weight excluding hydrogens is 935 g/mol. The van der Waals surface area contributed by atoms with Crippen molar-refractivity contribution in [3.05, 3.63) is 48.6 Å². The minimum atomic E-state index is -0.854. The van der Waals surface area contributed by atoms with E-state index in [1.54, 1.807) is 6.08 Å². The lowest BCUT2D eigenvalue weighted by Crippen LogP contribution is -2.45. The average Bonchev–Trinajstić information content (AvgIpc) is 3.42. The second-order valence-corrected chi connectivity index (χ2v) is 23.2. The summed E-state index contributed by atoms with van der Waals surface area (Å²) in [6.45, 7) is 4.88. The van der Waals surface area contributed by atoms with Gasteiger partial charge in [-0.05, 0) is 89.9 Å². The van der Waals surface area contributed by atoms with Crippen molar-refractivity contribution in [2.75, 3.05) is 13.2 Å². The molecule has 0 aromatic rings. The van der Waals surface area contributed by atoms with Gasteiger partial charge in [0.2, 0.25) is 5.91 Å². The zero-order chi connectivity index (χ0) is 55.0. The van der Waals surface area contributed by atoms with Gasteiger partial charge >= 0.3 is 5.97 Å². The minimum Gasteiger partial charge on any atom is -0.466 e. The first-order valence-electron chi connectivity index (χ1n) is 33.9. The third kappa shape index (κ3) is 61.0. The van der Waals surface area contributed by atoms with Crippen LogP contribution in [0, 0.1) is 0 Å². The molecule has 0 aliphatic rings. The van der Waals surface area contributed by atoms with Crippen molar-refractivity contribution in [3.63, 3.8) is 0 Å². The van der Waals surface area contributed by atoms with Gasteiger partial charge in [0.25, 0.3) is 0 Å². The summed E-state index contributed by atoms with van der Waals surface area (Å²) in [5, 5.41) is 23.2. The second-order valence-electron chi connectivity index (χ2n) is 23.2. The van der Waals surface area contributed by atoms with Crippen molar-refractivity contribution in [3.8, 4) is 0 Å². The fourth-order valence-corrected chi connectivity index (χ4v) is 10.4. The van der Waals surface area contributed by atoms with Gasteiger partial charge in [0.1, 0.15) is 0 Å². The quantitative estimate of drug-likeness (QED) is 0.0244. The number of carbonyl (C=O) groups excluding carboxylic acids is 2. The van der Waals surface area contributed by atoms with Crippen LogP contribution >= 0.6 is 0 Å². The lowest BCUT2D eigenvalue weighted by atomic mass is 10.0. The number of unbranched alkanes of at least 4 members (excludes halogenated alkanes) is 47. The maximum atomic E-state index is 12.5. The van der Waals surface area contributed by atoms with E-state index in [2.05, 4.69) is 55.6 Å². The molecule has 0 spiro atoms. The lowest BCUT2D eigenvalue weighted by Gasteiger charge is -2.20. The first-order chi connectivity index (χ1) is 37.5. The molecule has 0 aromatic carbocycles. The summed E-state index contributed by atoms with van der Waals surface area (Å²) in [5.74, 6) is -0.0923. The summed E-state index contributed by atoms with van der Waals surface area (Å²) in [5.41, 5.74) is 0. The normalized spacial score (nSPS) is 12.8. The summed E-state index contributed by atoms with van der Waals surface area (Å²) >= 11 is 0. The Morgan fingerprint density at radius 3 is 1.01 bits per heavy atom. The Balaban J connectivity index is 3.50. The molecule has 76 heavy (non-hydrogen) atoms. The molecule has 0 saturated carbocycles. The van der Waals surface area contributed by atoms with Gasteiger partial charge < -0.3 is 20.3 Å². The highest BCUT2D eigenvalue weighted by atomic mass is 16.5. The van der Waals surface area contributed by atoms with Crippen molar-refractivity contribution in [1.82, 2.24) is 5.32 Å². The Morgan fingerprint density at radius 2 is 0.658 bits per heavy atom. The molecule has 0 radical (unpaired) electrons. The maximum absolute atomic E-state index is 12.5. The Bertz CT molecular complexity index is 1270. The highest BCUT2D eigenvalue weighted by molar-refractivity contribution is 5.76. The van der Waals surface area contributed by atoms with Gasteiger partial charge in [-0.3, -0.25) is 9.59 Å². The van der Waals surface area contributed by atoms with Crippen molar-refractivity contribution in [2.24, 2.45) is 0 Å². The molecule has 3 N–H and O–H groups in total. The molecule has 0 heterocycles. The van der Waals surface area contributed by atoms with E-state index in [4.69, 9.17) is 4.74 Å². The molecule has 0 aromatic heterocycles. The number of aliphatic hydroxyl groups excluding tert-OH is 2. The summed E-state index contributed by atoms with van der Waals surface area (Å²) < 4.78 is 5.47. The molecule has 6 nitrogen and oxygen atoms in total. The van der Waals surface area contributed by atoms with Crippen LogP contribution in [0.2, 0.25) is 0 Å². The van der Waals surface area contributed by atoms with Crippen LogP contribution in [0.15, 0.2) is 48.6 Å². The van der Waals surface area contributed by atoms with Crippen molar-refractivity contribution in [1.29, 1.82) is 0 Å². The number of hydrogen-bond donors (Lipinski definition) is 3. The predicted molar refractivity (Wildman–Crippen MR) is 333 cm³/mol. The summed E-state index contributed by atoms with van der Waals surface area (Å²) in [7, 11) is 0. The number of allylic oxidation sites excluding steroid dienone is 7. The summed E-state index contributed by atoms with van der Waals surface area (Å²) in [6, 6.07) is -0.638. The average molecular weight is 1070 g/mol. The number of nitrogens with one attached hydrogen (secondary N) is 1. The highest BCUT2D eigenvalue weighted by Gasteiger charge is 2.18. The van der Waals surface area contributed by atoms with Crippen LogP contribution in [0.4, 0.5) is 0 Å². The van der Waals surface area contributed by atoms with E-state index in [9.17, 15) is 19.8 Å². The van der Waals surface area contributed by atoms with E-state index in [1.807, 2.05) is 6.08 Å². The molecule has 6 heteroatoms. The molecule has 0 saturated heterocycles. The highest BCUT2D eigenvalue weighted by Crippen LogP contribution is 2.18. The van der Waals surface area contributed by atoms with Crippen LogP contribution in [0.3, 0.4) is 0 Å². The monoisotopic (exact) mass is 1070 g/mol. The molecular formula is C70H131NO5. The van der Waals surface area contributed by atoms with Gasteiger partial charge in [-0.2, -0.15) is 0 Å². The zero-order valence-electron chi connectivity index (χ0n) is 51.0. The van der Waals surface area contributed by atoms with Crippen LogP contribution in [-0.4, -0.2) is 47.4 Å². The van der Waals surface area contributed by atoms with E-state index in [0.29, 0.717) is 19.4 Å². The number of hydrogen-bond acceptors (Lipinski definition) is 5. The third-order valence-electron chi connectivity index (χ3n) is 15.6. The topological polar surface area (TPSA) is 95.9 Å². The lowest BCUT2D eigenvalue weighted by molar-refractivity contribution is -0.143. The van der Waals surface area contributed by atoms with Crippen LogP contribution in [0.5, 0.6) is 0 Å². The number of esters is 1. The smallest absolute Gasteiger partial charge is 0.305 e. The molecule has 2 unspecified atom stereocenters. The number of ether oxygens (including phenoxy) is 1. The number of carbonyl (C=O) groups is 2. The van der Waals surface area contributed by atoms with Crippen LogP contribution in [0.1, 0.15) is 361 Å². The second kappa shape index (κ2) is 65.3. The Labute approximate surface area is 474 Å². The van der Waals surface area contributed by atoms with Crippen LogP contribution in [-0.2, 0) is 14.3 Å². The number of aliphatic hydroxyl groups is 2. The molecule has 446 valence electrons. The van der Waals surface area contributed by atoms with E-state index in [-0.39, 0.29) is 18.5 Å². The van der Waals surface area contributed by atoms with Gasteiger partial charge in [-0.25, -0.2) is 0 Å². The van der Waals surface area contributed by atoms with E-state index >= 15 is 0 Å². The first kappa shape index (κ1) is 73.8. The number of rotatable bonds is 63. The van der Waals surface area contributed by atoms with Crippen LogP contribution in [0.25, 0.3) is 0 Å². The van der Waals surface area contributed by atoms with E-state index in [0.717, 1.165) is 77.0 Å². The van der Waals surface area contributed by atoms with Gasteiger partial charge in [-0.1, -0.05) is 306 Å². The minimum absolute atomic E-state index is 0.0172. The van der Waals surface area contributed by atoms with Gasteiger partial charge in [0, 0.05) is 12.8 Å². The molecule has 0 rings (SSSR count). The molecule has 0 aliphatic heterocycles. The SMILES string of the molecule is CCCCCCCC/C=C\CCCCCCCCCC(=O)OCCCCC/C=C\C=C/CCCCCCCCCCCCC(=O)NC(CO)C(O)/C=C/CCCCCCCCCCCCCCCCCCCCCCC. The van der Waals surface area contributed by atoms with Crippen molar-refractivity contribution >= 4 is 11.9 Å². The summed E-state index contributed by atoms with van der Waals surface area (Å²) in [4.78, 5) is 24.6. The third-order valence-corrected chi connectivity index (χ3v) is 15.6. The van der Waals surface area contributed by atoms with Gasteiger partial charge in [0.15, 0.2) is 0 Å². The number of amides is 1. The Morgan fingerprint density at radius 1 is 0.368 bits per heavy atom. The first-order valence-corrected chi connectivity index (χ1v) is 33.9. The van der Waals surface area contributed by atoms with Gasteiger partial charge in [0.05, 0.1) is 25.4 Å². The largest absolute Gasteiger partial charge is 0.466 e. The van der Waals surface area contributed by atoms with E-state index < -0.39 is 12.1 Å². The fraction of sp³-hybridized carbons (Fsp3) is 0.857. The van der Waals surface area contributed by atoms with Crippen molar-refractivity contribution in [2.45, 2.75) is 373 Å². The molecule has 2 atom stereocenters. The Kier molecular flexibility index (Phi) is 63.5. The zero-order valence-corrected chi connectivity index (χ0v) is 51.0. The predicted octanol–water partition coefficient (Wildman–Crippen LogP) is 21.7. The van der Waals surface area contributed by atoms with Crippen molar-refractivity contribution < 1.29 is 24.5 Å². The molecule has 0 aliphatic carbocycles. The van der Waals surface area contributed by atoms with E-state index in [1.165, 1.54) is 257 Å². The molecule has 0 fully saturated rings. The van der Waals surface area contributed by atoms with Crippen LogP contribution < -0.4 is 5.32 Å². The molecule has 1 amide bonds. The summed E-state index contributed by atoms with van der Waals surface area (Å²) in [6.07, 6.45) is 84.5. The molecule has 0 bridgehead atoms.